The summed E-state index contributed by atoms with van der Waals surface area (Å²) in [5.41, 5.74) is 1.10. The molecule has 0 saturated carbocycles. The summed E-state index contributed by atoms with van der Waals surface area (Å²) in [6.45, 7) is -1.42. The van der Waals surface area contributed by atoms with Crippen LogP contribution >= 0.6 is 6.72 Å². The molecule has 20 heavy (non-hydrogen) atoms. The Hall–Kier alpha value is -0.550. The second-order valence-electron chi connectivity index (χ2n) is 4.96. The van der Waals surface area contributed by atoms with E-state index in [4.69, 9.17) is 19.0 Å². The molecule has 1 fully saturated rings. The normalized spacial score (nSPS) is 33.4. The molecule has 2 N–H and O–H groups in total. The van der Waals surface area contributed by atoms with Gasteiger partial charge in [-0.3, -0.25) is 0 Å². The molecule has 6 heteroatoms. The van der Waals surface area contributed by atoms with Crippen LogP contribution in [-0.4, -0.2) is 28.6 Å². The topological polar surface area (TPSA) is 58.9 Å². The largest absolute Gasteiger partial charge is 0.368 e. The van der Waals surface area contributed by atoms with Gasteiger partial charge in [0.15, 0.2) is 0 Å². The van der Waals surface area contributed by atoms with Crippen LogP contribution in [0, 0.1) is 5.92 Å². The molecule has 0 aromatic rings. The van der Waals surface area contributed by atoms with Gasteiger partial charge in [0, 0.05) is 0 Å². The van der Waals surface area contributed by atoms with E-state index in [0.717, 1.165) is 12.0 Å². The summed E-state index contributed by atoms with van der Waals surface area (Å²) in [6, 6.07) is 0. The number of allylic oxidation sites excluding steroid dienone is 6. The summed E-state index contributed by atoms with van der Waals surface area (Å²) in [6.07, 6.45) is 14.6. The van der Waals surface area contributed by atoms with E-state index in [9.17, 15) is 0 Å². The maximum Gasteiger partial charge on any atom is 0.321 e. The molecule has 3 atom stereocenters. The van der Waals surface area contributed by atoms with Gasteiger partial charge in [-0.1, -0.05) is 49.5 Å². The van der Waals surface area contributed by atoms with Crippen molar-refractivity contribution in [1.82, 2.24) is 0 Å². The second-order valence-corrected chi connectivity index (χ2v) is 7.62. The van der Waals surface area contributed by atoms with Crippen LogP contribution in [0.1, 0.15) is 13.3 Å². The molecule has 2 rings (SSSR count). The summed E-state index contributed by atoms with van der Waals surface area (Å²) in [4.78, 5) is 18.2. The highest BCUT2D eigenvalue weighted by Crippen LogP contribution is 2.39. The fourth-order valence-corrected chi connectivity index (χ4v) is 2.80. The van der Waals surface area contributed by atoms with E-state index >= 15 is 0 Å². The van der Waals surface area contributed by atoms with E-state index in [-0.39, 0.29) is 24.7 Å². The lowest BCUT2D eigenvalue weighted by Crippen LogP contribution is -2.21. The zero-order valence-corrected chi connectivity index (χ0v) is 13.0. The van der Waals surface area contributed by atoms with Crippen molar-refractivity contribution < 1.29 is 19.0 Å². The van der Waals surface area contributed by atoms with Gasteiger partial charge in [-0.2, -0.15) is 0 Å². The predicted molar refractivity (Wildman–Crippen MR) is 82.6 cm³/mol. The first-order valence-corrected chi connectivity index (χ1v) is 9.15. The van der Waals surface area contributed by atoms with Crippen LogP contribution in [-0.2, 0) is 21.1 Å². The van der Waals surface area contributed by atoms with Crippen molar-refractivity contribution >= 4 is 18.5 Å². The Morgan fingerprint density at radius 2 is 2.00 bits per heavy atom. The van der Waals surface area contributed by atoms with Crippen LogP contribution in [0.5, 0.6) is 0 Å². The molecule has 1 aliphatic carbocycles. The second kappa shape index (κ2) is 6.94. The molecule has 0 amide bonds. The molecule has 4 nitrogen and oxygen atoms in total. The van der Waals surface area contributed by atoms with Crippen molar-refractivity contribution in [1.29, 1.82) is 0 Å². The molecule has 0 spiro atoms. The van der Waals surface area contributed by atoms with Crippen LogP contribution in [0.25, 0.3) is 0 Å². The van der Waals surface area contributed by atoms with Crippen LogP contribution in [0.15, 0.2) is 48.1 Å². The minimum absolute atomic E-state index is 0.00115. The third-order valence-corrected chi connectivity index (χ3v) is 4.16. The van der Waals surface area contributed by atoms with Crippen molar-refractivity contribution in [3.63, 3.8) is 0 Å². The van der Waals surface area contributed by atoms with Crippen molar-refractivity contribution in [2.24, 2.45) is 5.92 Å². The van der Waals surface area contributed by atoms with Gasteiger partial charge in [0.05, 0.1) is 18.8 Å². The fourth-order valence-electron chi connectivity index (χ4n) is 2.27. The van der Waals surface area contributed by atoms with Gasteiger partial charge in [0.1, 0.15) is 0 Å². The lowest BCUT2D eigenvalue weighted by Gasteiger charge is -2.17. The Morgan fingerprint density at radius 1 is 1.30 bits per heavy atom. The minimum Gasteiger partial charge on any atom is -0.368 e. The lowest BCUT2D eigenvalue weighted by molar-refractivity contribution is 0.0197. The Morgan fingerprint density at radius 3 is 2.75 bits per heavy atom. The third kappa shape index (κ3) is 4.77. The monoisotopic (exact) mass is 314 g/mol. The quantitative estimate of drug-likeness (QED) is 0.781. The lowest BCUT2D eigenvalue weighted by atomic mass is 9.97. The van der Waals surface area contributed by atoms with Crippen LogP contribution in [0.2, 0.25) is 0 Å². The molecule has 1 heterocycles. The summed E-state index contributed by atoms with van der Waals surface area (Å²) >= 11 is 4.45. The molecule has 0 bridgehead atoms. The van der Waals surface area contributed by atoms with E-state index in [0.29, 0.717) is 0 Å². The van der Waals surface area contributed by atoms with E-state index in [1.807, 2.05) is 42.5 Å². The zero-order chi connectivity index (χ0) is 14.6. The van der Waals surface area contributed by atoms with Crippen molar-refractivity contribution in [2.45, 2.75) is 25.6 Å². The van der Waals surface area contributed by atoms with E-state index < -0.39 is 6.72 Å². The first-order chi connectivity index (χ1) is 9.46. The molecular weight excluding hydrogens is 295 g/mol. The molecule has 1 saturated heterocycles. The zero-order valence-electron chi connectivity index (χ0n) is 11.3. The molecule has 110 valence electrons. The maximum atomic E-state index is 9.11. The average molecular weight is 314 g/mol. The van der Waals surface area contributed by atoms with Crippen LogP contribution < -0.4 is 0 Å². The molecule has 1 aliphatic heterocycles. The Bertz CT molecular complexity index is 503. The van der Waals surface area contributed by atoms with Crippen molar-refractivity contribution in [2.75, 3.05) is 6.61 Å². The Labute approximate surface area is 124 Å². The van der Waals surface area contributed by atoms with E-state index in [1.165, 1.54) is 0 Å². The SMILES string of the molecule is C[C@@H]1C[C@H](C2=C/C=C\C=C/C=C2)O[C@@H]1COP(O)(O)=S. The molecule has 0 aromatic carbocycles. The highest BCUT2D eigenvalue weighted by atomic mass is 32.5. The summed E-state index contributed by atoms with van der Waals surface area (Å²) in [7, 11) is 0. The summed E-state index contributed by atoms with van der Waals surface area (Å²) in [5, 5.41) is 0. The summed E-state index contributed by atoms with van der Waals surface area (Å²) < 4.78 is 10.9. The van der Waals surface area contributed by atoms with Crippen LogP contribution in [0.4, 0.5) is 0 Å². The van der Waals surface area contributed by atoms with Gasteiger partial charge in [0.2, 0.25) is 0 Å². The van der Waals surface area contributed by atoms with E-state index in [1.54, 1.807) is 0 Å². The fraction of sp³-hybridized carbons (Fsp3) is 0.429. The molecule has 0 radical (unpaired) electrons. The van der Waals surface area contributed by atoms with Gasteiger partial charge >= 0.3 is 6.72 Å². The number of hydrogen-bond donors (Lipinski definition) is 2. The Kier molecular flexibility index (Phi) is 5.49. The maximum absolute atomic E-state index is 9.11. The molecule has 2 aliphatic rings. The molecule has 0 unspecified atom stereocenters. The van der Waals surface area contributed by atoms with Gasteiger partial charge in [0.25, 0.3) is 0 Å². The van der Waals surface area contributed by atoms with Crippen LogP contribution in [0.3, 0.4) is 0 Å². The first-order valence-electron chi connectivity index (χ1n) is 6.53. The van der Waals surface area contributed by atoms with Gasteiger partial charge in [-0.05, 0) is 29.7 Å². The average Bonchev–Trinajstić information content (AvgIpc) is 2.66. The standard InChI is InChI=1S/C14H19O4PS/c1-11-9-13(12-7-5-3-2-4-6-8-12)18-14(11)10-17-19(15,16)20/h2-8,11,13-14H,9-10H2,1H3,(H2,15,16,20)/b3-2-,4-2?,5-3?,6-4-,7-5?,8-6?,12-7?,12-8?/t11-,13-,14-/m1/s1. The third-order valence-electron chi connectivity index (χ3n) is 3.36. The predicted octanol–water partition coefficient (Wildman–Crippen LogP) is 2.61. The van der Waals surface area contributed by atoms with Gasteiger partial charge < -0.3 is 19.0 Å². The minimum atomic E-state index is -3.60. The first kappa shape index (κ1) is 15.8. The molecule has 0 aromatic heterocycles. The highest BCUT2D eigenvalue weighted by Gasteiger charge is 2.34. The van der Waals surface area contributed by atoms with Crippen molar-refractivity contribution in [3.05, 3.63) is 48.1 Å². The number of rotatable bonds is 4. The molecular formula is C14H19O4PS. The van der Waals surface area contributed by atoms with Gasteiger partial charge in [-0.25, -0.2) is 0 Å². The highest BCUT2D eigenvalue weighted by molar-refractivity contribution is 8.06. The number of ether oxygens (including phenoxy) is 1. The van der Waals surface area contributed by atoms with Crippen molar-refractivity contribution in [3.8, 4) is 0 Å². The smallest absolute Gasteiger partial charge is 0.321 e. The summed E-state index contributed by atoms with van der Waals surface area (Å²) in [5.74, 6) is 0.279. The van der Waals surface area contributed by atoms with Gasteiger partial charge in [-0.15, -0.1) is 0 Å². The van der Waals surface area contributed by atoms with E-state index in [2.05, 4.69) is 18.7 Å². The number of hydrogen-bond acceptors (Lipinski definition) is 3. The Balaban J connectivity index is 1.97.